The number of anilines is 2. The molecule has 0 unspecified atom stereocenters. The third kappa shape index (κ3) is 5.08. The van der Waals surface area contributed by atoms with Gasteiger partial charge in [0, 0.05) is 5.69 Å². The molecule has 0 saturated carbocycles. The highest BCUT2D eigenvalue weighted by molar-refractivity contribution is 7.99. The van der Waals surface area contributed by atoms with E-state index in [0.29, 0.717) is 27.8 Å². The first kappa shape index (κ1) is 18.5. The fourth-order valence-electron chi connectivity index (χ4n) is 2.25. The number of para-hydroxylation sites is 1. The Morgan fingerprint density at radius 1 is 1.11 bits per heavy atom. The lowest BCUT2D eigenvalue weighted by Crippen LogP contribution is -2.19. The van der Waals surface area contributed by atoms with Gasteiger partial charge in [0.2, 0.25) is 5.91 Å². The number of aromatic nitrogens is 3. The highest BCUT2D eigenvalue weighted by Crippen LogP contribution is 2.20. The monoisotopic (exact) mass is 383 g/mol. The molecule has 3 rings (SSSR count). The summed E-state index contributed by atoms with van der Waals surface area (Å²) in [5.41, 5.74) is 1.43. The van der Waals surface area contributed by atoms with Crippen molar-refractivity contribution in [3.63, 3.8) is 0 Å². The molecule has 3 aromatic rings. The van der Waals surface area contributed by atoms with Crippen molar-refractivity contribution in [1.29, 1.82) is 0 Å². The standard InChI is InChI=1S/C18H17N5O3S/c1-26-13-8-6-12(7-9-13)21-17(25)14-4-2-3-5-15(14)22-16(24)10-27-18-19-11-20-23-18/h2-9,11H,10H2,1H3,(H,21,25)(H,22,24)(H,19,20,23). The van der Waals surface area contributed by atoms with Gasteiger partial charge in [-0.3, -0.25) is 14.7 Å². The average molecular weight is 383 g/mol. The SMILES string of the molecule is COc1ccc(NC(=O)c2ccccc2NC(=O)CSc2ncn[nH]2)cc1. The summed E-state index contributed by atoms with van der Waals surface area (Å²) >= 11 is 1.22. The number of H-pyrrole nitrogens is 1. The molecule has 9 heteroatoms. The van der Waals surface area contributed by atoms with Crippen molar-refractivity contribution < 1.29 is 14.3 Å². The van der Waals surface area contributed by atoms with E-state index < -0.39 is 0 Å². The van der Waals surface area contributed by atoms with Crippen LogP contribution in [-0.2, 0) is 4.79 Å². The zero-order chi connectivity index (χ0) is 19.1. The number of thioether (sulfide) groups is 1. The number of carbonyl (C=O) groups excluding carboxylic acids is 2. The molecule has 3 N–H and O–H groups in total. The zero-order valence-electron chi connectivity index (χ0n) is 14.4. The highest BCUT2D eigenvalue weighted by Gasteiger charge is 2.14. The third-order valence-corrected chi connectivity index (χ3v) is 4.40. The van der Waals surface area contributed by atoms with E-state index in [1.807, 2.05) is 0 Å². The summed E-state index contributed by atoms with van der Waals surface area (Å²) in [6, 6.07) is 13.8. The largest absolute Gasteiger partial charge is 0.497 e. The second-order valence-electron chi connectivity index (χ2n) is 5.36. The number of hydrogen-bond donors (Lipinski definition) is 3. The minimum absolute atomic E-state index is 0.142. The summed E-state index contributed by atoms with van der Waals surface area (Å²) < 4.78 is 5.10. The van der Waals surface area contributed by atoms with Gasteiger partial charge >= 0.3 is 0 Å². The number of benzene rings is 2. The summed E-state index contributed by atoms with van der Waals surface area (Å²) in [5, 5.41) is 12.5. The number of amides is 2. The van der Waals surface area contributed by atoms with Crippen molar-refractivity contribution >= 4 is 35.0 Å². The van der Waals surface area contributed by atoms with Crippen LogP contribution >= 0.6 is 11.8 Å². The molecule has 2 amide bonds. The number of ether oxygens (including phenoxy) is 1. The summed E-state index contributed by atoms with van der Waals surface area (Å²) in [6.45, 7) is 0. The lowest BCUT2D eigenvalue weighted by molar-refractivity contribution is -0.113. The maximum atomic E-state index is 12.6. The Morgan fingerprint density at radius 3 is 2.59 bits per heavy atom. The summed E-state index contributed by atoms with van der Waals surface area (Å²) in [5.74, 6) is 0.272. The molecule has 8 nitrogen and oxygen atoms in total. The van der Waals surface area contributed by atoms with Crippen molar-refractivity contribution in [2.45, 2.75) is 5.16 Å². The van der Waals surface area contributed by atoms with Crippen molar-refractivity contribution in [3.05, 3.63) is 60.4 Å². The van der Waals surface area contributed by atoms with Crippen LogP contribution < -0.4 is 15.4 Å². The van der Waals surface area contributed by atoms with Gasteiger partial charge in [-0.15, -0.1) is 0 Å². The molecule has 0 atom stereocenters. The Bertz CT molecular complexity index is 913. The predicted molar refractivity (Wildman–Crippen MR) is 103 cm³/mol. The van der Waals surface area contributed by atoms with Gasteiger partial charge < -0.3 is 15.4 Å². The molecular weight excluding hydrogens is 366 g/mol. The second-order valence-corrected chi connectivity index (χ2v) is 6.32. The van der Waals surface area contributed by atoms with E-state index in [1.165, 1.54) is 18.1 Å². The number of nitrogens with one attached hydrogen (secondary N) is 3. The molecule has 1 heterocycles. The van der Waals surface area contributed by atoms with Gasteiger partial charge in [0.25, 0.3) is 5.91 Å². The Kier molecular flexibility index (Phi) is 6.06. The van der Waals surface area contributed by atoms with Gasteiger partial charge in [0.15, 0.2) is 5.16 Å². The fraction of sp³-hybridized carbons (Fsp3) is 0.111. The van der Waals surface area contributed by atoms with Gasteiger partial charge in [-0.2, -0.15) is 5.10 Å². The molecule has 0 radical (unpaired) electrons. The van der Waals surface area contributed by atoms with Gasteiger partial charge in [-0.05, 0) is 36.4 Å². The fourth-order valence-corrected chi connectivity index (χ4v) is 2.83. The van der Waals surface area contributed by atoms with Crippen molar-refractivity contribution in [2.75, 3.05) is 23.5 Å². The first-order valence-corrected chi connectivity index (χ1v) is 8.96. The second kappa shape index (κ2) is 8.86. The number of hydrogen-bond acceptors (Lipinski definition) is 6. The highest BCUT2D eigenvalue weighted by atomic mass is 32.2. The normalized spacial score (nSPS) is 10.3. The maximum absolute atomic E-state index is 12.6. The Hall–Kier alpha value is -3.33. The number of nitrogens with zero attached hydrogens (tertiary/aromatic N) is 2. The van der Waals surface area contributed by atoms with E-state index in [0.717, 1.165) is 0 Å². The molecule has 0 aliphatic carbocycles. The predicted octanol–water partition coefficient (Wildman–Crippen LogP) is 2.80. The topological polar surface area (TPSA) is 109 Å². The minimum atomic E-state index is -0.320. The van der Waals surface area contributed by atoms with Crippen LogP contribution in [-0.4, -0.2) is 39.9 Å². The molecule has 0 bridgehead atoms. The summed E-state index contributed by atoms with van der Waals surface area (Å²) in [6.07, 6.45) is 1.37. The van der Waals surface area contributed by atoms with E-state index in [2.05, 4.69) is 25.8 Å². The zero-order valence-corrected chi connectivity index (χ0v) is 15.2. The molecule has 0 fully saturated rings. The minimum Gasteiger partial charge on any atom is -0.497 e. The molecule has 0 aliphatic heterocycles. The molecule has 0 spiro atoms. The molecule has 0 saturated heterocycles. The van der Waals surface area contributed by atoms with Crippen LogP contribution in [0.5, 0.6) is 5.75 Å². The van der Waals surface area contributed by atoms with Crippen LogP contribution in [0.1, 0.15) is 10.4 Å². The number of rotatable bonds is 7. The molecule has 27 heavy (non-hydrogen) atoms. The van der Waals surface area contributed by atoms with E-state index in [-0.39, 0.29) is 17.6 Å². The maximum Gasteiger partial charge on any atom is 0.257 e. The molecule has 2 aromatic carbocycles. The molecular formula is C18H17N5O3S. The molecule has 1 aromatic heterocycles. The lowest BCUT2D eigenvalue weighted by atomic mass is 10.1. The van der Waals surface area contributed by atoms with Gasteiger partial charge in [-0.1, -0.05) is 23.9 Å². The van der Waals surface area contributed by atoms with Crippen molar-refractivity contribution in [1.82, 2.24) is 15.2 Å². The summed E-state index contributed by atoms with van der Waals surface area (Å²) in [4.78, 5) is 28.7. The Balaban J connectivity index is 1.65. The van der Waals surface area contributed by atoms with Crippen LogP contribution in [0.25, 0.3) is 0 Å². The third-order valence-electron chi connectivity index (χ3n) is 3.53. The van der Waals surface area contributed by atoms with E-state index in [9.17, 15) is 9.59 Å². The van der Waals surface area contributed by atoms with Gasteiger partial charge in [0.1, 0.15) is 12.1 Å². The smallest absolute Gasteiger partial charge is 0.257 e. The van der Waals surface area contributed by atoms with Crippen molar-refractivity contribution in [3.8, 4) is 5.75 Å². The van der Waals surface area contributed by atoms with E-state index in [4.69, 9.17) is 4.74 Å². The van der Waals surface area contributed by atoms with Crippen molar-refractivity contribution in [2.24, 2.45) is 0 Å². The number of carbonyl (C=O) groups is 2. The quantitative estimate of drug-likeness (QED) is 0.541. The average Bonchev–Trinajstić information content (AvgIpc) is 3.21. The van der Waals surface area contributed by atoms with Gasteiger partial charge in [-0.25, -0.2) is 4.98 Å². The number of methoxy groups -OCH3 is 1. The van der Waals surface area contributed by atoms with Crippen LogP contribution in [0.4, 0.5) is 11.4 Å². The van der Waals surface area contributed by atoms with E-state index in [1.54, 1.807) is 55.6 Å². The molecule has 138 valence electrons. The summed E-state index contributed by atoms with van der Waals surface area (Å²) in [7, 11) is 1.58. The van der Waals surface area contributed by atoms with Gasteiger partial charge in [0.05, 0.1) is 24.1 Å². The first-order chi connectivity index (χ1) is 13.2. The van der Waals surface area contributed by atoms with Crippen LogP contribution in [0, 0.1) is 0 Å². The Morgan fingerprint density at radius 2 is 1.89 bits per heavy atom. The Labute approximate surface area is 159 Å². The first-order valence-electron chi connectivity index (χ1n) is 7.98. The van der Waals surface area contributed by atoms with Crippen LogP contribution in [0.2, 0.25) is 0 Å². The van der Waals surface area contributed by atoms with E-state index >= 15 is 0 Å². The lowest BCUT2D eigenvalue weighted by Gasteiger charge is -2.11. The van der Waals surface area contributed by atoms with Crippen LogP contribution in [0.3, 0.4) is 0 Å². The molecule has 0 aliphatic rings. The number of aromatic amines is 1. The van der Waals surface area contributed by atoms with Crippen LogP contribution in [0.15, 0.2) is 60.0 Å².